The van der Waals surface area contributed by atoms with Gasteiger partial charge in [-0.25, -0.2) is 4.98 Å². The number of nitrogens with zero attached hydrogens (tertiary/aromatic N) is 1. The maximum atomic E-state index is 11.7. The van der Waals surface area contributed by atoms with Crippen LogP contribution >= 0.6 is 11.3 Å². The predicted molar refractivity (Wildman–Crippen MR) is 69.9 cm³/mol. The highest BCUT2D eigenvalue weighted by molar-refractivity contribution is 7.09. The molecule has 0 radical (unpaired) electrons. The van der Waals surface area contributed by atoms with Gasteiger partial charge < -0.3 is 21.3 Å². The van der Waals surface area contributed by atoms with Gasteiger partial charge >= 0.3 is 5.97 Å². The number of aromatic nitrogens is 1. The van der Waals surface area contributed by atoms with Gasteiger partial charge in [-0.1, -0.05) is 0 Å². The van der Waals surface area contributed by atoms with Gasteiger partial charge in [-0.05, 0) is 13.8 Å². The summed E-state index contributed by atoms with van der Waals surface area (Å²) in [5.74, 6) is -1.60. The highest BCUT2D eigenvalue weighted by Crippen LogP contribution is 2.16. The molecule has 7 nitrogen and oxygen atoms in total. The molecule has 0 saturated heterocycles. The van der Waals surface area contributed by atoms with Crippen molar-refractivity contribution in [3.8, 4) is 0 Å². The van der Waals surface area contributed by atoms with E-state index in [1.54, 1.807) is 12.3 Å². The van der Waals surface area contributed by atoms with E-state index in [0.717, 1.165) is 0 Å². The van der Waals surface area contributed by atoms with Crippen LogP contribution < -0.4 is 11.1 Å². The molecule has 1 heterocycles. The molecule has 1 rings (SSSR count). The number of nitrogens with one attached hydrogen (secondary N) is 1. The van der Waals surface area contributed by atoms with E-state index in [0.29, 0.717) is 5.01 Å². The zero-order chi connectivity index (χ0) is 14.6. The lowest BCUT2D eigenvalue weighted by atomic mass is 10.0. The van der Waals surface area contributed by atoms with Gasteiger partial charge in [0.25, 0.3) is 5.91 Å². The standard InChI is InChI=1S/C11H17N3O4S/c1-6(12)10-14-7(4-19-10)9(17)13-5-11(2,18)3-8(15)16/h4,6,18H,3,5,12H2,1-2H3,(H,13,17)(H,15,16). The molecular formula is C11H17N3O4S. The third-order valence-corrected chi connectivity index (χ3v) is 3.35. The fraction of sp³-hybridized carbons (Fsp3) is 0.545. The molecule has 1 aromatic rings. The third kappa shape index (κ3) is 4.93. The van der Waals surface area contributed by atoms with Crippen LogP contribution in [0.1, 0.15) is 41.8 Å². The van der Waals surface area contributed by atoms with Gasteiger partial charge in [0.2, 0.25) is 0 Å². The van der Waals surface area contributed by atoms with Gasteiger partial charge in [-0.3, -0.25) is 9.59 Å². The highest BCUT2D eigenvalue weighted by Gasteiger charge is 2.25. The molecule has 2 atom stereocenters. The molecule has 0 saturated carbocycles. The number of thiazole rings is 1. The van der Waals surface area contributed by atoms with Crippen LogP contribution in [0.4, 0.5) is 0 Å². The maximum absolute atomic E-state index is 11.7. The molecule has 8 heteroatoms. The first-order chi connectivity index (χ1) is 8.71. The monoisotopic (exact) mass is 287 g/mol. The molecule has 1 amide bonds. The minimum absolute atomic E-state index is 0.164. The van der Waals surface area contributed by atoms with Gasteiger partial charge in [-0.2, -0.15) is 0 Å². The summed E-state index contributed by atoms with van der Waals surface area (Å²) >= 11 is 1.28. The fourth-order valence-electron chi connectivity index (χ4n) is 1.35. The first kappa shape index (κ1) is 15.5. The summed E-state index contributed by atoms with van der Waals surface area (Å²) in [6, 6.07) is -0.248. The lowest BCUT2D eigenvalue weighted by molar-refractivity contribution is -0.141. The molecule has 0 spiro atoms. The molecule has 19 heavy (non-hydrogen) atoms. The Balaban J connectivity index is 2.57. The summed E-state index contributed by atoms with van der Waals surface area (Å²) in [6.07, 6.45) is -0.449. The topological polar surface area (TPSA) is 126 Å². The summed E-state index contributed by atoms with van der Waals surface area (Å²) in [7, 11) is 0. The van der Waals surface area contributed by atoms with Crippen LogP contribution in [0.2, 0.25) is 0 Å². The lowest BCUT2D eigenvalue weighted by Gasteiger charge is -2.21. The van der Waals surface area contributed by atoms with Crippen molar-refractivity contribution in [2.24, 2.45) is 5.73 Å². The molecule has 2 unspecified atom stereocenters. The number of amides is 1. The van der Waals surface area contributed by atoms with E-state index < -0.39 is 23.9 Å². The quantitative estimate of drug-likeness (QED) is 0.588. The Morgan fingerprint density at radius 2 is 2.26 bits per heavy atom. The second-order valence-electron chi connectivity index (χ2n) is 4.61. The van der Waals surface area contributed by atoms with Crippen molar-refractivity contribution < 1.29 is 19.8 Å². The lowest BCUT2D eigenvalue weighted by Crippen LogP contribution is -2.42. The number of carbonyl (C=O) groups excluding carboxylic acids is 1. The van der Waals surface area contributed by atoms with E-state index in [4.69, 9.17) is 10.8 Å². The summed E-state index contributed by atoms with van der Waals surface area (Å²) in [4.78, 5) is 26.3. The second-order valence-corrected chi connectivity index (χ2v) is 5.50. The van der Waals surface area contributed by atoms with Gasteiger partial charge in [0.1, 0.15) is 10.7 Å². The number of carboxylic acids is 1. The molecule has 0 aliphatic carbocycles. The van der Waals surface area contributed by atoms with Crippen molar-refractivity contribution in [2.45, 2.75) is 31.9 Å². The van der Waals surface area contributed by atoms with E-state index >= 15 is 0 Å². The van der Waals surface area contributed by atoms with E-state index in [1.165, 1.54) is 18.3 Å². The first-order valence-electron chi connectivity index (χ1n) is 5.64. The molecule has 0 aliphatic heterocycles. The molecule has 0 bridgehead atoms. The first-order valence-corrected chi connectivity index (χ1v) is 6.52. The van der Waals surface area contributed by atoms with Crippen LogP contribution in [0, 0.1) is 0 Å². The van der Waals surface area contributed by atoms with Crippen LogP contribution in [0.25, 0.3) is 0 Å². The molecule has 0 aliphatic rings. The number of aliphatic carboxylic acids is 1. The number of hydrogen-bond donors (Lipinski definition) is 4. The molecule has 106 valence electrons. The number of aliphatic hydroxyl groups is 1. The molecular weight excluding hydrogens is 270 g/mol. The van der Waals surface area contributed by atoms with Crippen molar-refractivity contribution in [2.75, 3.05) is 6.54 Å². The smallest absolute Gasteiger partial charge is 0.306 e. The Hall–Kier alpha value is -1.51. The van der Waals surface area contributed by atoms with Crippen LogP contribution in [0.15, 0.2) is 5.38 Å². The van der Waals surface area contributed by atoms with Crippen molar-refractivity contribution in [3.05, 3.63) is 16.1 Å². The Morgan fingerprint density at radius 3 is 2.74 bits per heavy atom. The summed E-state index contributed by atoms with van der Waals surface area (Å²) in [5, 5.41) is 23.0. The summed E-state index contributed by atoms with van der Waals surface area (Å²) < 4.78 is 0. The van der Waals surface area contributed by atoms with Gasteiger partial charge in [0.15, 0.2) is 0 Å². The Labute approximate surface area is 114 Å². The largest absolute Gasteiger partial charge is 0.481 e. The fourth-order valence-corrected chi connectivity index (χ4v) is 2.11. The minimum Gasteiger partial charge on any atom is -0.481 e. The number of hydrogen-bond acceptors (Lipinski definition) is 6. The van der Waals surface area contributed by atoms with E-state index in [2.05, 4.69) is 10.3 Å². The van der Waals surface area contributed by atoms with E-state index in [-0.39, 0.29) is 18.3 Å². The molecule has 0 aromatic carbocycles. The summed E-state index contributed by atoms with van der Waals surface area (Å²) in [6.45, 7) is 2.94. The molecule has 0 fully saturated rings. The van der Waals surface area contributed by atoms with E-state index in [9.17, 15) is 14.7 Å². The van der Waals surface area contributed by atoms with Gasteiger partial charge in [-0.15, -0.1) is 11.3 Å². The Kier molecular flexibility index (Phi) is 4.98. The zero-order valence-corrected chi connectivity index (χ0v) is 11.5. The second kappa shape index (κ2) is 6.09. The number of nitrogens with two attached hydrogens (primary N) is 1. The zero-order valence-electron chi connectivity index (χ0n) is 10.7. The van der Waals surface area contributed by atoms with E-state index in [1.807, 2.05) is 0 Å². The van der Waals surface area contributed by atoms with Gasteiger partial charge in [0, 0.05) is 11.9 Å². The average Bonchev–Trinajstić information content (AvgIpc) is 2.73. The SMILES string of the molecule is CC(N)c1nc(C(=O)NCC(C)(O)CC(=O)O)cs1. The molecule has 1 aromatic heterocycles. The molecule has 5 N–H and O–H groups in total. The average molecular weight is 287 g/mol. The predicted octanol–water partition coefficient (Wildman–Crippen LogP) is 0.118. The minimum atomic E-state index is -1.50. The number of carboxylic acid groups (broad SMARTS) is 1. The normalized spacial score (nSPS) is 15.6. The maximum Gasteiger partial charge on any atom is 0.306 e. The van der Waals surface area contributed by atoms with Crippen LogP contribution in [0.3, 0.4) is 0 Å². The van der Waals surface area contributed by atoms with Crippen molar-refractivity contribution in [1.29, 1.82) is 0 Å². The van der Waals surface area contributed by atoms with Crippen molar-refractivity contribution in [3.63, 3.8) is 0 Å². The van der Waals surface area contributed by atoms with Crippen LogP contribution in [-0.2, 0) is 4.79 Å². The third-order valence-electron chi connectivity index (χ3n) is 2.31. The number of rotatable bonds is 6. The van der Waals surface area contributed by atoms with Crippen LogP contribution in [-0.4, -0.2) is 39.2 Å². The Bertz CT molecular complexity index is 470. The number of carbonyl (C=O) groups is 2. The summed E-state index contributed by atoms with van der Waals surface area (Å²) in [5.41, 5.74) is 4.35. The van der Waals surface area contributed by atoms with Crippen molar-refractivity contribution in [1.82, 2.24) is 10.3 Å². The highest BCUT2D eigenvalue weighted by atomic mass is 32.1. The van der Waals surface area contributed by atoms with Gasteiger partial charge in [0.05, 0.1) is 18.1 Å². The van der Waals surface area contributed by atoms with Crippen LogP contribution in [0.5, 0.6) is 0 Å². The van der Waals surface area contributed by atoms with Crippen molar-refractivity contribution >= 4 is 23.2 Å². The Morgan fingerprint density at radius 1 is 1.63 bits per heavy atom.